The molecule has 0 saturated carbocycles. The zero-order chi connectivity index (χ0) is 10.7. The summed E-state index contributed by atoms with van der Waals surface area (Å²) >= 11 is 0. The number of carbonyl (C=O) groups excluding carboxylic acids is 1. The molecular weight excluding hydrogens is 198 g/mol. The van der Waals surface area contributed by atoms with E-state index >= 15 is 0 Å². The van der Waals surface area contributed by atoms with E-state index in [1.165, 1.54) is 4.68 Å². The van der Waals surface area contributed by atoms with Crippen molar-refractivity contribution in [3.8, 4) is 0 Å². The van der Waals surface area contributed by atoms with Crippen LogP contribution in [0.15, 0.2) is 22.7 Å². The van der Waals surface area contributed by atoms with Crippen molar-refractivity contribution in [2.24, 2.45) is 0 Å². The van der Waals surface area contributed by atoms with Crippen molar-refractivity contribution in [2.75, 3.05) is 0 Å². The minimum absolute atomic E-state index is 0.141. The molecule has 0 aliphatic carbocycles. The van der Waals surface area contributed by atoms with Gasteiger partial charge < -0.3 is 9.52 Å². The zero-order valence-electron chi connectivity index (χ0n) is 7.83. The summed E-state index contributed by atoms with van der Waals surface area (Å²) in [6.45, 7) is 0.249. The smallest absolute Gasteiger partial charge is 0.185 e. The van der Waals surface area contributed by atoms with E-state index in [4.69, 9.17) is 9.52 Å². The van der Waals surface area contributed by atoms with E-state index in [9.17, 15) is 4.79 Å². The molecule has 0 saturated heterocycles. The maximum Gasteiger partial charge on any atom is 0.185 e. The molecule has 0 spiro atoms. The molecule has 0 aliphatic heterocycles. The number of hydrogen-bond donors (Lipinski definition) is 1. The van der Waals surface area contributed by atoms with Gasteiger partial charge in [-0.3, -0.25) is 4.79 Å². The fourth-order valence-corrected chi connectivity index (χ4v) is 1.19. The number of rotatable bonds is 4. The SMILES string of the molecule is O=Cc1ccc(Cn2cc(CO)nn2)o1. The van der Waals surface area contributed by atoms with E-state index in [1.807, 2.05) is 0 Å². The van der Waals surface area contributed by atoms with Crippen molar-refractivity contribution in [3.63, 3.8) is 0 Å². The molecule has 2 aromatic heterocycles. The van der Waals surface area contributed by atoms with Gasteiger partial charge in [-0.1, -0.05) is 5.21 Å². The first-order valence-corrected chi connectivity index (χ1v) is 4.35. The Kier molecular flexibility index (Phi) is 2.59. The average molecular weight is 207 g/mol. The molecular formula is C9H9N3O3. The summed E-state index contributed by atoms with van der Waals surface area (Å²) in [7, 11) is 0. The Hall–Kier alpha value is -1.95. The number of hydrogen-bond acceptors (Lipinski definition) is 5. The van der Waals surface area contributed by atoms with Crippen LogP contribution < -0.4 is 0 Å². The number of aromatic nitrogens is 3. The van der Waals surface area contributed by atoms with Gasteiger partial charge in [0.15, 0.2) is 12.0 Å². The molecule has 6 nitrogen and oxygen atoms in total. The lowest BCUT2D eigenvalue weighted by Crippen LogP contribution is -1.98. The Balaban J connectivity index is 2.10. The van der Waals surface area contributed by atoms with Crippen molar-refractivity contribution in [1.29, 1.82) is 0 Å². The summed E-state index contributed by atoms with van der Waals surface area (Å²) in [5.41, 5.74) is 0.497. The maximum atomic E-state index is 10.4. The number of aliphatic hydroxyl groups is 1. The molecule has 0 amide bonds. The van der Waals surface area contributed by atoms with Gasteiger partial charge in [0.1, 0.15) is 18.0 Å². The van der Waals surface area contributed by atoms with Crippen LogP contribution in [0, 0.1) is 0 Å². The monoisotopic (exact) mass is 207 g/mol. The van der Waals surface area contributed by atoms with Crippen LogP contribution in [0.1, 0.15) is 22.0 Å². The van der Waals surface area contributed by atoms with Crippen molar-refractivity contribution >= 4 is 6.29 Å². The highest BCUT2D eigenvalue weighted by Crippen LogP contribution is 2.07. The third-order valence-electron chi connectivity index (χ3n) is 1.86. The standard InChI is InChI=1S/C9H9N3O3/c13-5-7-3-12(11-10-7)4-8-1-2-9(6-14)15-8/h1-3,6,13H,4-5H2. The fraction of sp³-hybridized carbons (Fsp3) is 0.222. The van der Waals surface area contributed by atoms with Gasteiger partial charge in [0, 0.05) is 0 Å². The van der Waals surface area contributed by atoms with Gasteiger partial charge in [-0.2, -0.15) is 0 Å². The summed E-state index contributed by atoms with van der Waals surface area (Å²) in [5.74, 6) is 0.902. The predicted octanol–water partition coefficient (Wildman–Crippen LogP) is 0.224. The maximum absolute atomic E-state index is 10.4. The van der Waals surface area contributed by atoms with Gasteiger partial charge in [0.05, 0.1) is 12.8 Å². The highest BCUT2D eigenvalue weighted by molar-refractivity contribution is 5.70. The first-order valence-electron chi connectivity index (χ1n) is 4.35. The highest BCUT2D eigenvalue weighted by atomic mass is 16.3. The summed E-state index contributed by atoms with van der Waals surface area (Å²) in [5, 5.41) is 16.3. The van der Waals surface area contributed by atoms with Crippen LogP contribution in [0.3, 0.4) is 0 Å². The van der Waals surface area contributed by atoms with Crippen LogP contribution in [-0.4, -0.2) is 26.4 Å². The lowest BCUT2D eigenvalue weighted by molar-refractivity contribution is 0.109. The lowest BCUT2D eigenvalue weighted by Gasteiger charge is -1.94. The van der Waals surface area contributed by atoms with Gasteiger partial charge >= 0.3 is 0 Å². The Morgan fingerprint density at radius 3 is 3.00 bits per heavy atom. The van der Waals surface area contributed by atoms with Gasteiger partial charge in [-0.05, 0) is 12.1 Å². The summed E-state index contributed by atoms with van der Waals surface area (Å²) in [6, 6.07) is 3.29. The molecule has 2 aromatic rings. The van der Waals surface area contributed by atoms with Crippen LogP contribution in [0.2, 0.25) is 0 Å². The molecule has 0 unspecified atom stereocenters. The highest BCUT2D eigenvalue weighted by Gasteiger charge is 2.04. The molecule has 0 aliphatic rings. The Bertz CT molecular complexity index is 461. The van der Waals surface area contributed by atoms with Gasteiger partial charge in [0.25, 0.3) is 0 Å². The summed E-state index contributed by atoms with van der Waals surface area (Å²) in [6.07, 6.45) is 2.26. The molecule has 6 heteroatoms. The van der Waals surface area contributed by atoms with Crippen molar-refractivity contribution in [1.82, 2.24) is 15.0 Å². The van der Waals surface area contributed by atoms with Crippen LogP contribution in [0.4, 0.5) is 0 Å². The van der Waals surface area contributed by atoms with Gasteiger partial charge in [-0.15, -0.1) is 5.10 Å². The van der Waals surface area contributed by atoms with E-state index in [0.717, 1.165) is 0 Å². The third-order valence-corrected chi connectivity index (χ3v) is 1.86. The topological polar surface area (TPSA) is 81.2 Å². The first-order chi connectivity index (χ1) is 7.31. The van der Waals surface area contributed by atoms with E-state index < -0.39 is 0 Å². The van der Waals surface area contributed by atoms with E-state index in [2.05, 4.69) is 10.3 Å². The van der Waals surface area contributed by atoms with E-state index in [-0.39, 0.29) is 12.4 Å². The molecule has 2 heterocycles. The van der Waals surface area contributed by atoms with E-state index in [0.29, 0.717) is 24.3 Å². The molecule has 0 bridgehead atoms. The second kappa shape index (κ2) is 4.05. The zero-order valence-corrected chi connectivity index (χ0v) is 7.83. The van der Waals surface area contributed by atoms with Crippen LogP contribution in [0.25, 0.3) is 0 Å². The molecule has 2 rings (SSSR count). The molecule has 0 fully saturated rings. The Morgan fingerprint density at radius 1 is 1.53 bits per heavy atom. The summed E-state index contributed by atoms with van der Waals surface area (Å²) in [4.78, 5) is 10.4. The van der Waals surface area contributed by atoms with Crippen LogP contribution in [0.5, 0.6) is 0 Å². The predicted molar refractivity (Wildman–Crippen MR) is 49.1 cm³/mol. The molecule has 78 valence electrons. The second-order valence-corrected chi connectivity index (χ2v) is 2.99. The van der Waals surface area contributed by atoms with Crippen molar-refractivity contribution in [3.05, 3.63) is 35.5 Å². The number of aldehydes is 1. The number of carbonyl (C=O) groups is 1. The largest absolute Gasteiger partial charge is 0.456 e. The number of furan rings is 1. The number of aliphatic hydroxyl groups excluding tert-OH is 1. The first kappa shape index (κ1) is 9.60. The normalized spacial score (nSPS) is 10.5. The van der Waals surface area contributed by atoms with Gasteiger partial charge in [0.2, 0.25) is 0 Å². The average Bonchev–Trinajstić information content (AvgIpc) is 2.87. The van der Waals surface area contributed by atoms with Crippen LogP contribution in [-0.2, 0) is 13.2 Å². The van der Waals surface area contributed by atoms with Gasteiger partial charge in [-0.25, -0.2) is 4.68 Å². The molecule has 15 heavy (non-hydrogen) atoms. The lowest BCUT2D eigenvalue weighted by atomic mass is 10.4. The molecule has 0 atom stereocenters. The fourth-order valence-electron chi connectivity index (χ4n) is 1.19. The second-order valence-electron chi connectivity index (χ2n) is 2.99. The quantitative estimate of drug-likeness (QED) is 0.725. The summed E-state index contributed by atoms with van der Waals surface area (Å²) < 4.78 is 6.69. The van der Waals surface area contributed by atoms with Crippen LogP contribution >= 0.6 is 0 Å². The molecule has 1 N–H and O–H groups in total. The van der Waals surface area contributed by atoms with Crippen molar-refractivity contribution < 1.29 is 14.3 Å². The van der Waals surface area contributed by atoms with Crippen molar-refractivity contribution in [2.45, 2.75) is 13.2 Å². The molecule has 0 radical (unpaired) electrons. The number of nitrogens with zero attached hydrogens (tertiary/aromatic N) is 3. The Morgan fingerprint density at radius 2 is 2.40 bits per heavy atom. The Labute approximate surface area is 85.1 Å². The molecule has 0 aromatic carbocycles. The van der Waals surface area contributed by atoms with E-state index in [1.54, 1.807) is 18.3 Å². The minimum atomic E-state index is -0.141. The third kappa shape index (κ3) is 2.10. The minimum Gasteiger partial charge on any atom is -0.456 e.